The van der Waals surface area contributed by atoms with Crippen LogP contribution in [0.3, 0.4) is 0 Å². The molecule has 0 amide bonds. The van der Waals surface area contributed by atoms with Gasteiger partial charge in [-0.3, -0.25) is 19.6 Å². The number of nitrogens with zero attached hydrogens (tertiary/aromatic N) is 4. The minimum Gasteiger partial charge on any atom is -0.661 e. The zero-order valence-corrected chi connectivity index (χ0v) is 16.3. The minimum atomic E-state index is -0.134. The van der Waals surface area contributed by atoms with E-state index >= 15 is 0 Å². The van der Waals surface area contributed by atoms with Crippen molar-refractivity contribution in [3.05, 3.63) is 108 Å². The molecule has 4 rings (SSSR count). The molecule has 0 aliphatic heterocycles. The molecule has 0 fully saturated rings. The molecule has 6 nitrogen and oxygen atoms in total. The predicted molar refractivity (Wildman–Crippen MR) is 94.9 cm³/mol. The molecule has 27 heavy (non-hydrogen) atoms. The van der Waals surface area contributed by atoms with Gasteiger partial charge in [0.15, 0.2) is 11.6 Å². The Morgan fingerprint density at radius 3 is 1.37 bits per heavy atom. The van der Waals surface area contributed by atoms with Crippen LogP contribution in [-0.4, -0.2) is 21.5 Å². The summed E-state index contributed by atoms with van der Waals surface area (Å²) < 4.78 is 0. The van der Waals surface area contributed by atoms with Gasteiger partial charge in [0.1, 0.15) is 11.4 Å². The zero-order valence-electron chi connectivity index (χ0n) is 14.0. The number of carbonyl (C=O) groups excluding carboxylic acids is 2. The van der Waals surface area contributed by atoms with Gasteiger partial charge < -0.3 is 9.97 Å². The van der Waals surface area contributed by atoms with E-state index in [1.807, 2.05) is 0 Å². The van der Waals surface area contributed by atoms with Crippen LogP contribution in [0.5, 0.6) is 0 Å². The average Bonchev–Trinajstić information content (AvgIpc) is 3.43. The molecule has 0 saturated carbocycles. The molecular formula is C20H14N4O2Pt. The van der Waals surface area contributed by atoms with E-state index in [0.717, 1.165) is 0 Å². The first-order valence-corrected chi connectivity index (χ1v) is 7.82. The quantitative estimate of drug-likeness (QED) is 0.372. The average molecular weight is 537 g/mol. The Hall–Kier alpha value is -3.11. The van der Waals surface area contributed by atoms with Crippen LogP contribution in [-0.2, 0) is 21.1 Å². The van der Waals surface area contributed by atoms with Crippen molar-refractivity contribution >= 4 is 11.6 Å². The molecule has 4 heterocycles. The minimum absolute atomic E-state index is 0. The second-order valence-corrected chi connectivity index (χ2v) is 5.13. The molecular weight excluding hydrogens is 523 g/mol. The number of hydrogen-bond acceptors (Lipinski definition) is 4. The van der Waals surface area contributed by atoms with Gasteiger partial charge in [0.2, 0.25) is 0 Å². The number of carbonyl (C=O) groups is 2. The Balaban J connectivity index is 0.000000187. The third-order valence-corrected chi connectivity index (χ3v) is 3.37. The van der Waals surface area contributed by atoms with E-state index in [2.05, 4.69) is 19.9 Å². The van der Waals surface area contributed by atoms with Crippen molar-refractivity contribution in [2.24, 2.45) is 0 Å². The fourth-order valence-corrected chi connectivity index (χ4v) is 2.13. The molecule has 0 atom stereocenters. The fraction of sp³-hybridized carbons (Fsp3) is 0. The summed E-state index contributed by atoms with van der Waals surface area (Å²) in [6, 6.07) is 17.3. The normalized spacial score (nSPS) is 9.48. The maximum atomic E-state index is 11.6. The van der Waals surface area contributed by atoms with Gasteiger partial charge in [-0.1, -0.05) is 47.8 Å². The van der Waals surface area contributed by atoms with Crippen molar-refractivity contribution in [2.45, 2.75) is 0 Å². The first-order valence-electron chi connectivity index (χ1n) is 7.82. The van der Waals surface area contributed by atoms with Gasteiger partial charge in [-0.05, 0) is 24.3 Å². The smallest absolute Gasteiger partial charge is 0.661 e. The molecule has 7 heteroatoms. The van der Waals surface area contributed by atoms with E-state index in [-0.39, 0.29) is 32.6 Å². The van der Waals surface area contributed by atoms with Crippen molar-refractivity contribution in [1.82, 2.24) is 19.9 Å². The topological polar surface area (TPSA) is 88.1 Å². The summed E-state index contributed by atoms with van der Waals surface area (Å²) in [5, 5.41) is 0. The van der Waals surface area contributed by atoms with Gasteiger partial charge >= 0.3 is 21.1 Å². The third-order valence-electron chi connectivity index (χ3n) is 3.37. The molecule has 0 bridgehead atoms. The SMILES string of the molecule is O=C(c1ccccn1)c1ccc[n-]1.O=C(c1ccccn1)c1ccc[n-]1.[Pt+2]. The largest absolute Gasteiger partial charge is 2.00 e. The number of pyridine rings is 2. The van der Waals surface area contributed by atoms with Gasteiger partial charge in [-0.25, -0.2) is 0 Å². The summed E-state index contributed by atoms with van der Waals surface area (Å²) in [4.78, 5) is 38.9. The van der Waals surface area contributed by atoms with Crippen LogP contribution in [0.2, 0.25) is 0 Å². The van der Waals surface area contributed by atoms with Crippen molar-refractivity contribution in [1.29, 1.82) is 0 Å². The Labute approximate surface area is 170 Å². The van der Waals surface area contributed by atoms with Gasteiger partial charge in [-0.2, -0.15) is 12.4 Å². The van der Waals surface area contributed by atoms with Crippen molar-refractivity contribution < 1.29 is 30.7 Å². The van der Waals surface area contributed by atoms with E-state index < -0.39 is 0 Å². The molecule has 0 aromatic carbocycles. The van der Waals surface area contributed by atoms with Crippen LogP contribution in [0.15, 0.2) is 85.5 Å². The van der Waals surface area contributed by atoms with Crippen LogP contribution in [0.1, 0.15) is 32.4 Å². The molecule has 136 valence electrons. The zero-order chi connectivity index (χ0) is 18.2. The Morgan fingerprint density at radius 2 is 1.07 bits per heavy atom. The van der Waals surface area contributed by atoms with Gasteiger partial charge in [-0.15, -0.1) is 0 Å². The summed E-state index contributed by atoms with van der Waals surface area (Å²) >= 11 is 0. The molecule has 0 spiro atoms. The molecule has 0 aliphatic rings. The van der Waals surface area contributed by atoms with Crippen LogP contribution in [0.4, 0.5) is 0 Å². The third kappa shape index (κ3) is 5.43. The van der Waals surface area contributed by atoms with E-state index in [1.165, 1.54) is 0 Å². The van der Waals surface area contributed by atoms with Crippen LogP contribution < -0.4 is 9.97 Å². The number of rotatable bonds is 4. The standard InChI is InChI=1S/2C10H8N2O.Pt/c2*13-10(9-5-3-7-12-9)8-4-1-2-6-11-8;/h2*1-7H,(H,12,13);/q;;+2/p-2. The predicted octanol–water partition coefficient (Wildman–Crippen LogP) is 2.54. The van der Waals surface area contributed by atoms with Gasteiger partial charge in [0, 0.05) is 12.4 Å². The van der Waals surface area contributed by atoms with Crippen molar-refractivity contribution in [2.75, 3.05) is 0 Å². The van der Waals surface area contributed by atoms with E-state index in [1.54, 1.807) is 85.5 Å². The second-order valence-electron chi connectivity index (χ2n) is 5.13. The molecule has 0 N–H and O–H groups in total. The Kier molecular flexibility index (Phi) is 7.59. The summed E-state index contributed by atoms with van der Waals surface area (Å²) in [6.07, 6.45) is 6.37. The van der Waals surface area contributed by atoms with E-state index in [0.29, 0.717) is 22.8 Å². The molecule has 0 aliphatic carbocycles. The van der Waals surface area contributed by atoms with Crippen LogP contribution >= 0.6 is 0 Å². The molecule has 4 aromatic heterocycles. The van der Waals surface area contributed by atoms with Crippen LogP contribution in [0, 0.1) is 0 Å². The molecule has 0 unspecified atom stereocenters. The molecule has 0 saturated heterocycles. The Bertz CT molecular complexity index is 872. The first-order chi connectivity index (χ1) is 12.8. The van der Waals surface area contributed by atoms with Gasteiger partial charge in [0.05, 0.1) is 0 Å². The Morgan fingerprint density at radius 1 is 0.630 bits per heavy atom. The first kappa shape index (κ1) is 20.2. The fourth-order valence-electron chi connectivity index (χ4n) is 2.13. The monoisotopic (exact) mass is 537 g/mol. The maximum Gasteiger partial charge on any atom is 2.00 e. The van der Waals surface area contributed by atoms with Crippen molar-refractivity contribution in [3.63, 3.8) is 0 Å². The van der Waals surface area contributed by atoms with Gasteiger partial charge in [0.25, 0.3) is 0 Å². The molecule has 0 radical (unpaired) electrons. The van der Waals surface area contributed by atoms with Crippen molar-refractivity contribution in [3.8, 4) is 0 Å². The van der Waals surface area contributed by atoms with Crippen LogP contribution in [0.25, 0.3) is 0 Å². The molecule has 4 aromatic rings. The summed E-state index contributed by atoms with van der Waals surface area (Å²) in [5.41, 5.74) is 1.75. The maximum absolute atomic E-state index is 11.6. The number of ketones is 2. The summed E-state index contributed by atoms with van der Waals surface area (Å²) in [7, 11) is 0. The van der Waals surface area contributed by atoms with E-state index in [9.17, 15) is 9.59 Å². The second kappa shape index (κ2) is 10.1. The number of hydrogen-bond donors (Lipinski definition) is 0. The summed E-state index contributed by atoms with van der Waals surface area (Å²) in [5.74, 6) is -0.267. The summed E-state index contributed by atoms with van der Waals surface area (Å²) in [6.45, 7) is 0. The number of aromatic nitrogens is 4. The van der Waals surface area contributed by atoms with E-state index in [4.69, 9.17) is 0 Å².